The first-order chi connectivity index (χ1) is 18.3. The predicted octanol–water partition coefficient (Wildman–Crippen LogP) is 4.03. The Morgan fingerprint density at radius 3 is 2.53 bits per heavy atom. The number of hydrogen-bond acceptors (Lipinski definition) is 10. The molecule has 1 saturated heterocycles. The second-order valence-corrected chi connectivity index (χ2v) is 9.41. The van der Waals surface area contributed by atoms with E-state index in [0.717, 1.165) is 11.3 Å². The molecule has 1 atom stereocenters. The van der Waals surface area contributed by atoms with Crippen LogP contribution in [0.4, 0.5) is 5.13 Å². The number of carbonyl (C=O) groups excluding carboxylic acids is 3. The highest BCUT2D eigenvalue weighted by molar-refractivity contribution is 7.17. The number of Topliss-reactive ketones (excluding diaryl/α,β-unsaturated/α-hetero) is 1. The summed E-state index contributed by atoms with van der Waals surface area (Å²) in [5.74, 6) is -1.19. The molecule has 5 rings (SSSR count). The van der Waals surface area contributed by atoms with Gasteiger partial charge in [-0.15, -0.1) is 0 Å². The Balaban J connectivity index is 1.66. The van der Waals surface area contributed by atoms with Gasteiger partial charge in [0.2, 0.25) is 0 Å². The lowest BCUT2D eigenvalue weighted by atomic mass is 9.95. The van der Waals surface area contributed by atoms with E-state index < -0.39 is 23.7 Å². The predicted molar refractivity (Wildman–Crippen MR) is 138 cm³/mol. The zero-order chi connectivity index (χ0) is 27.0. The van der Waals surface area contributed by atoms with Crippen molar-refractivity contribution in [2.24, 2.45) is 0 Å². The largest absolute Gasteiger partial charge is 0.507 e. The quantitative estimate of drug-likeness (QED) is 0.215. The lowest BCUT2D eigenvalue weighted by Gasteiger charge is -2.23. The lowest BCUT2D eigenvalue weighted by molar-refractivity contribution is -0.132. The summed E-state index contributed by atoms with van der Waals surface area (Å²) in [6.45, 7) is 4.24. The molecule has 0 unspecified atom stereocenters. The molecular formula is C27H24N2O8S. The molecule has 0 aliphatic carbocycles. The first-order valence-corrected chi connectivity index (χ1v) is 12.6. The third kappa shape index (κ3) is 4.34. The molecule has 10 nitrogen and oxygen atoms in total. The van der Waals surface area contributed by atoms with E-state index in [1.165, 1.54) is 12.0 Å². The number of carbonyl (C=O) groups is 3. The smallest absolute Gasteiger partial charge is 0.350 e. The van der Waals surface area contributed by atoms with Crippen molar-refractivity contribution in [3.8, 4) is 17.2 Å². The molecule has 1 amide bonds. The van der Waals surface area contributed by atoms with E-state index in [-0.39, 0.29) is 33.5 Å². The number of ketones is 1. The third-order valence-electron chi connectivity index (χ3n) is 6.14. The van der Waals surface area contributed by atoms with Gasteiger partial charge in [0, 0.05) is 5.56 Å². The Kier molecular flexibility index (Phi) is 6.77. The van der Waals surface area contributed by atoms with E-state index in [1.54, 1.807) is 56.3 Å². The summed E-state index contributed by atoms with van der Waals surface area (Å²) in [6, 6.07) is 10.6. The number of ether oxygens (including phenoxy) is 4. The van der Waals surface area contributed by atoms with Gasteiger partial charge in [0.05, 0.1) is 31.0 Å². The molecule has 0 radical (unpaired) electrons. The number of aliphatic hydroxyl groups excluding tert-OH is 1. The van der Waals surface area contributed by atoms with Crippen LogP contribution < -0.4 is 19.1 Å². The number of hydrogen-bond donors (Lipinski definition) is 1. The van der Waals surface area contributed by atoms with E-state index in [2.05, 4.69) is 4.98 Å². The second-order valence-electron chi connectivity index (χ2n) is 8.43. The molecule has 2 aliphatic rings. The van der Waals surface area contributed by atoms with Crippen LogP contribution in [0.5, 0.6) is 17.2 Å². The van der Waals surface area contributed by atoms with Crippen molar-refractivity contribution in [2.45, 2.75) is 19.9 Å². The van der Waals surface area contributed by atoms with Gasteiger partial charge in [0.25, 0.3) is 5.78 Å². The molecule has 196 valence electrons. The van der Waals surface area contributed by atoms with Crippen LogP contribution in [-0.4, -0.2) is 54.7 Å². The minimum Gasteiger partial charge on any atom is -0.507 e. The summed E-state index contributed by atoms with van der Waals surface area (Å²) in [7, 11) is 1.53. The Morgan fingerprint density at radius 1 is 1.13 bits per heavy atom. The van der Waals surface area contributed by atoms with Crippen LogP contribution in [0.3, 0.4) is 0 Å². The maximum absolute atomic E-state index is 13.4. The monoisotopic (exact) mass is 536 g/mol. The maximum Gasteiger partial charge on any atom is 0.350 e. The summed E-state index contributed by atoms with van der Waals surface area (Å²) in [6.07, 6.45) is 0. The van der Waals surface area contributed by atoms with E-state index in [0.29, 0.717) is 41.7 Å². The topological polar surface area (TPSA) is 124 Å². The molecule has 38 heavy (non-hydrogen) atoms. The Morgan fingerprint density at radius 2 is 1.84 bits per heavy atom. The van der Waals surface area contributed by atoms with Gasteiger partial charge in [-0.25, -0.2) is 9.78 Å². The van der Waals surface area contributed by atoms with Crippen molar-refractivity contribution in [1.82, 2.24) is 4.98 Å². The number of aryl methyl sites for hydroxylation is 1. The molecule has 1 aromatic heterocycles. The van der Waals surface area contributed by atoms with Crippen LogP contribution in [-0.2, 0) is 14.3 Å². The number of amides is 1. The lowest BCUT2D eigenvalue weighted by Crippen LogP contribution is -2.29. The van der Waals surface area contributed by atoms with Gasteiger partial charge in [0.15, 0.2) is 16.6 Å². The van der Waals surface area contributed by atoms with Crippen molar-refractivity contribution >= 4 is 39.9 Å². The molecule has 0 bridgehead atoms. The van der Waals surface area contributed by atoms with Crippen LogP contribution in [0.15, 0.2) is 48.0 Å². The molecule has 11 heteroatoms. The summed E-state index contributed by atoms with van der Waals surface area (Å²) in [4.78, 5) is 45.1. The van der Waals surface area contributed by atoms with Crippen LogP contribution >= 0.6 is 11.3 Å². The minimum atomic E-state index is -1.02. The van der Waals surface area contributed by atoms with Crippen molar-refractivity contribution in [3.05, 3.63) is 69.7 Å². The summed E-state index contributed by atoms with van der Waals surface area (Å²) < 4.78 is 21.5. The number of esters is 1. The van der Waals surface area contributed by atoms with Crippen molar-refractivity contribution in [1.29, 1.82) is 0 Å². The van der Waals surface area contributed by atoms with Crippen molar-refractivity contribution < 1.29 is 38.4 Å². The van der Waals surface area contributed by atoms with Gasteiger partial charge in [-0.1, -0.05) is 23.5 Å². The van der Waals surface area contributed by atoms with Gasteiger partial charge in [-0.2, -0.15) is 0 Å². The van der Waals surface area contributed by atoms with E-state index >= 15 is 0 Å². The van der Waals surface area contributed by atoms with Crippen molar-refractivity contribution in [3.63, 3.8) is 0 Å². The molecule has 1 fully saturated rings. The number of aliphatic hydroxyl groups is 1. The SMILES string of the molecule is CCOC(=O)c1sc(N2C(=O)C(=O)/C(=C(/O)c3ccc4c(c3)OCCO4)[C@H]2c2ccc(OC)cc2)nc1C. The highest BCUT2D eigenvalue weighted by Crippen LogP contribution is 2.45. The first kappa shape index (κ1) is 25.3. The first-order valence-electron chi connectivity index (χ1n) is 11.8. The van der Waals surface area contributed by atoms with Crippen LogP contribution in [0.1, 0.15) is 39.5 Å². The zero-order valence-corrected chi connectivity index (χ0v) is 21.7. The number of fused-ring (bicyclic) bond motifs is 1. The maximum atomic E-state index is 13.4. The fraction of sp³-hybridized carbons (Fsp3) is 0.259. The number of thiazole rings is 1. The molecule has 0 saturated carbocycles. The van der Waals surface area contributed by atoms with Crippen LogP contribution in [0.25, 0.3) is 5.76 Å². The molecule has 2 aliphatic heterocycles. The molecule has 1 N–H and O–H groups in total. The fourth-order valence-corrected chi connectivity index (χ4v) is 5.34. The molecular weight excluding hydrogens is 512 g/mol. The van der Waals surface area contributed by atoms with Crippen LogP contribution in [0.2, 0.25) is 0 Å². The van der Waals surface area contributed by atoms with Gasteiger partial charge in [-0.3, -0.25) is 14.5 Å². The number of aromatic nitrogens is 1. The van der Waals surface area contributed by atoms with E-state index in [1.807, 2.05) is 0 Å². The number of rotatable bonds is 6. The van der Waals surface area contributed by atoms with Gasteiger partial charge in [0.1, 0.15) is 29.6 Å². The highest BCUT2D eigenvalue weighted by atomic mass is 32.1. The number of methoxy groups -OCH3 is 1. The molecule has 3 aromatic rings. The van der Waals surface area contributed by atoms with E-state index in [9.17, 15) is 19.5 Å². The number of benzene rings is 2. The average molecular weight is 537 g/mol. The average Bonchev–Trinajstić information content (AvgIpc) is 3.44. The molecule has 2 aromatic carbocycles. The standard InChI is InChI=1S/C27H24N2O8S/c1-4-35-26(33)24-14(2)28-27(38-24)29-21(15-5-8-17(34-3)9-6-15)20(23(31)25(29)32)22(30)16-7-10-18-19(13-16)37-12-11-36-18/h5-10,13,21,30H,4,11-12H2,1-3H3/b22-20+/t21-/m1/s1. The third-order valence-corrected chi connectivity index (χ3v) is 7.28. The van der Waals surface area contributed by atoms with Crippen LogP contribution in [0, 0.1) is 6.92 Å². The molecule has 3 heterocycles. The summed E-state index contributed by atoms with van der Waals surface area (Å²) in [5, 5.41) is 11.5. The Labute approximate surface area is 222 Å². The number of anilines is 1. The second kappa shape index (κ2) is 10.2. The molecule has 0 spiro atoms. The van der Waals surface area contributed by atoms with E-state index in [4.69, 9.17) is 18.9 Å². The Hall–Kier alpha value is -4.38. The summed E-state index contributed by atoms with van der Waals surface area (Å²) in [5.41, 5.74) is 1.07. The minimum absolute atomic E-state index is 0.123. The normalized spacial score (nSPS) is 18.0. The van der Waals surface area contributed by atoms with Gasteiger partial charge < -0.3 is 24.1 Å². The van der Waals surface area contributed by atoms with Gasteiger partial charge in [-0.05, 0) is 49.7 Å². The van der Waals surface area contributed by atoms with Gasteiger partial charge >= 0.3 is 11.9 Å². The zero-order valence-electron chi connectivity index (χ0n) is 20.8. The highest BCUT2D eigenvalue weighted by Gasteiger charge is 2.48. The summed E-state index contributed by atoms with van der Waals surface area (Å²) >= 11 is 0.947. The number of nitrogens with zero attached hydrogens (tertiary/aromatic N) is 2. The Bertz CT molecular complexity index is 1460. The van der Waals surface area contributed by atoms with Crippen molar-refractivity contribution in [2.75, 3.05) is 31.8 Å². The fourth-order valence-electron chi connectivity index (χ4n) is 4.35.